The topological polar surface area (TPSA) is 65.9 Å². The molecule has 3 unspecified atom stereocenters. The summed E-state index contributed by atoms with van der Waals surface area (Å²) in [5, 5.41) is 10.0. The standard InChI is InChI=1S/C13H18N4S/c1-17(13-11(6-14)12(15)16-18-13)7-10-5-8-2-3-9(10)4-8/h8-10H,2-5,7H2,1H3,(H2,15,16). The Morgan fingerprint density at radius 2 is 2.33 bits per heavy atom. The van der Waals surface area contributed by atoms with E-state index in [1.807, 2.05) is 0 Å². The molecular formula is C13H18N4S. The molecule has 0 radical (unpaired) electrons. The number of nitrogen functional groups attached to an aromatic ring is 1. The van der Waals surface area contributed by atoms with E-state index in [0.29, 0.717) is 11.4 Å². The van der Waals surface area contributed by atoms with E-state index in [-0.39, 0.29) is 0 Å². The first-order valence-electron chi connectivity index (χ1n) is 6.55. The Bertz CT molecular complexity index is 490. The number of nitrogens with zero attached hydrogens (tertiary/aromatic N) is 3. The molecule has 4 nitrogen and oxygen atoms in total. The van der Waals surface area contributed by atoms with E-state index in [9.17, 15) is 0 Å². The van der Waals surface area contributed by atoms with Gasteiger partial charge in [0.15, 0.2) is 5.82 Å². The number of rotatable bonds is 3. The van der Waals surface area contributed by atoms with Crippen molar-refractivity contribution in [3.63, 3.8) is 0 Å². The first-order valence-corrected chi connectivity index (χ1v) is 7.32. The van der Waals surface area contributed by atoms with Crippen LogP contribution in [-0.2, 0) is 0 Å². The summed E-state index contributed by atoms with van der Waals surface area (Å²) in [5.41, 5.74) is 6.26. The predicted molar refractivity (Wildman–Crippen MR) is 73.4 cm³/mol. The highest BCUT2D eigenvalue weighted by Gasteiger charge is 2.39. The normalized spacial score (nSPS) is 29.4. The SMILES string of the molecule is CN(CC1CC2CCC1C2)c1snc(N)c1C#N. The fraction of sp³-hybridized carbons (Fsp3) is 0.692. The Hall–Kier alpha value is -1.28. The number of fused-ring (bicyclic) bond motifs is 2. The first-order chi connectivity index (χ1) is 8.69. The highest BCUT2D eigenvalue weighted by atomic mass is 32.1. The molecule has 18 heavy (non-hydrogen) atoms. The molecule has 2 aliphatic carbocycles. The molecular weight excluding hydrogens is 244 g/mol. The number of nitriles is 1. The summed E-state index contributed by atoms with van der Waals surface area (Å²) in [4.78, 5) is 2.18. The molecule has 0 aromatic carbocycles. The van der Waals surface area contributed by atoms with E-state index >= 15 is 0 Å². The van der Waals surface area contributed by atoms with Gasteiger partial charge in [-0.15, -0.1) is 0 Å². The van der Waals surface area contributed by atoms with E-state index in [4.69, 9.17) is 11.0 Å². The third-order valence-corrected chi connectivity index (χ3v) is 5.53. The molecule has 2 saturated carbocycles. The Balaban J connectivity index is 1.71. The summed E-state index contributed by atoms with van der Waals surface area (Å²) >= 11 is 1.34. The van der Waals surface area contributed by atoms with Crippen LogP contribution in [-0.4, -0.2) is 18.0 Å². The van der Waals surface area contributed by atoms with Gasteiger partial charge in [-0.1, -0.05) is 6.42 Å². The van der Waals surface area contributed by atoms with Gasteiger partial charge in [-0.25, -0.2) is 0 Å². The van der Waals surface area contributed by atoms with Crippen molar-refractivity contribution in [2.45, 2.75) is 25.7 Å². The Morgan fingerprint density at radius 3 is 2.94 bits per heavy atom. The second kappa shape index (κ2) is 4.43. The van der Waals surface area contributed by atoms with Gasteiger partial charge in [0.2, 0.25) is 0 Å². The van der Waals surface area contributed by atoms with Crippen LogP contribution in [0.15, 0.2) is 0 Å². The van der Waals surface area contributed by atoms with Gasteiger partial charge in [0.1, 0.15) is 16.6 Å². The molecule has 1 aromatic rings. The molecule has 2 N–H and O–H groups in total. The van der Waals surface area contributed by atoms with Crippen LogP contribution in [0.25, 0.3) is 0 Å². The lowest BCUT2D eigenvalue weighted by Gasteiger charge is -2.27. The summed E-state index contributed by atoms with van der Waals surface area (Å²) in [6, 6.07) is 2.16. The Labute approximate surface area is 112 Å². The predicted octanol–water partition coefficient (Wildman–Crippen LogP) is 2.47. The summed E-state index contributed by atoms with van der Waals surface area (Å²) in [6.07, 6.45) is 5.63. The number of hydrogen-bond donors (Lipinski definition) is 1. The lowest BCUT2D eigenvalue weighted by molar-refractivity contribution is 0.338. The van der Waals surface area contributed by atoms with Gasteiger partial charge in [-0.3, -0.25) is 0 Å². The monoisotopic (exact) mass is 262 g/mol. The average Bonchev–Trinajstić information content (AvgIpc) is 3.03. The van der Waals surface area contributed by atoms with Crippen LogP contribution >= 0.6 is 11.5 Å². The third-order valence-electron chi connectivity index (χ3n) is 4.55. The molecule has 2 aliphatic rings. The fourth-order valence-corrected chi connectivity index (χ4v) is 4.43. The zero-order valence-electron chi connectivity index (χ0n) is 10.6. The van der Waals surface area contributed by atoms with Gasteiger partial charge in [0.25, 0.3) is 0 Å². The van der Waals surface area contributed by atoms with Crippen LogP contribution in [0.5, 0.6) is 0 Å². The molecule has 5 heteroatoms. The number of hydrogen-bond acceptors (Lipinski definition) is 5. The maximum Gasteiger partial charge on any atom is 0.157 e. The third kappa shape index (κ3) is 1.85. The lowest BCUT2D eigenvalue weighted by Crippen LogP contribution is -2.28. The Kier molecular flexibility index (Phi) is 2.90. The van der Waals surface area contributed by atoms with Gasteiger partial charge >= 0.3 is 0 Å². The van der Waals surface area contributed by atoms with Crippen LogP contribution < -0.4 is 10.6 Å². The van der Waals surface area contributed by atoms with Crippen molar-refractivity contribution in [1.29, 1.82) is 5.26 Å². The summed E-state index contributed by atoms with van der Waals surface area (Å²) in [6.45, 7) is 1.04. The molecule has 2 fully saturated rings. The van der Waals surface area contributed by atoms with Crippen LogP contribution in [0, 0.1) is 29.1 Å². The van der Waals surface area contributed by atoms with Gasteiger partial charge in [-0.2, -0.15) is 9.64 Å². The van der Waals surface area contributed by atoms with Crippen molar-refractivity contribution < 1.29 is 0 Å². The van der Waals surface area contributed by atoms with Gasteiger partial charge in [-0.05, 0) is 48.5 Å². The number of nitrogens with two attached hydrogens (primary N) is 1. The van der Waals surface area contributed by atoms with Gasteiger partial charge in [0.05, 0.1) is 0 Å². The summed E-state index contributed by atoms with van der Waals surface area (Å²) in [5.74, 6) is 3.05. The molecule has 0 aliphatic heterocycles. The van der Waals surface area contributed by atoms with Crippen LogP contribution in [0.1, 0.15) is 31.2 Å². The maximum absolute atomic E-state index is 9.11. The van der Waals surface area contributed by atoms with E-state index in [0.717, 1.165) is 29.3 Å². The zero-order chi connectivity index (χ0) is 12.7. The zero-order valence-corrected chi connectivity index (χ0v) is 11.4. The van der Waals surface area contributed by atoms with Crippen LogP contribution in [0.2, 0.25) is 0 Å². The maximum atomic E-state index is 9.11. The van der Waals surface area contributed by atoms with Crippen molar-refractivity contribution in [1.82, 2.24) is 4.37 Å². The second-order valence-electron chi connectivity index (χ2n) is 5.68. The average molecular weight is 262 g/mol. The van der Waals surface area contributed by atoms with Crippen molar-refractivity contribution >= 4 is 22.4 Å². The highest BCUT2D eigenvalue weighted by molar-refractivity contribution is 7.10. The number of anilines is 2. The molecule has 0 saturated heterocycles. The summed E-state index contributed by atoms with van der Waals surface area (Å²) in [7, 11) is 2.06. The minimum absolute atomic E-state index is 0.372. The highest BCUT2D eigenvalue weighted by Crippen LogP contribution is 2.48. The lowest BCUT2D eigenvalue weighted by atomic mass is 9.88. The minimum Gasteiger partial charge on any atom is -0.382 e. The molecule has 96 valence electrons. The summed E-state index contributed by atoms with van der Waals surface area (Å²) < 4.78 is 4.09. The van der Waals surface area contributed by atoms with Crippen molar-refractivity contribution in [3.8, 4) is 6.07 Å². The van der Waals surface area contributed by atoms with E-state index in [1.165, 1.54) is 37.2 Å². The van der Waals surface area contributed by atoms with Crippen molar-refractivity contribution in [2.24, 2.45) is 17.8 Å². The first kappa shape index (κ1) is 11.8. The molecule has 2 bridgehead atoms. The molecule has 0 spiro atoms. The van der Waals surface area contributed by atoms with Crippen molar-refractivity contribution in [2.75, 3.05) is 24.2 Å². The van der Waals surface area contributed by atoms with E-state index in [2.05, 4.69) is 22.4 Å². The molecule has 3 rings (SSSR count). The van der Waals surface area contributed by atoms with Crippen molar-refractivity contribution in [3.05, 3.63) is 5.56 Å². The molecule has 1 aromatic heterocycles. The second-order valence-corrected chi connectivity index (χ2v) is 6.43. The molecule has 0 amide bonds. The van der Waals surface area contributed by atoms with E-state index < -0.39 is 0 Å². The minimum atomic E-state index is 0.372. The van der Waals surface area contributed by atoms with E-state index in [1.54, 1.807) is 0 Å². The van der Waals surface area contributed by atoms with Gasteiger partial charge in [0, 0.05) is 13.6 Å². The Morgan fingerprint density at radius 1 is 1.50 bits per heavy atom. The smallest absolute Gasteiger partial charge is 0.157 e. The molecule has 1 heterocycles. The van der Waals surface area contributed by atoms with Crippen LogP contribution in [0.4, 0.5) is 10.8 Å². The largest absolute Gasteiger partial charge is 0.382 e. The number of aromatic nitrogens is 1. The quantitative estimate of drug-likeness (QED) is 0.908. The van der Waals surface area contributed by atoms with Crippen LogP contribution in [0.3, 0.4) is 0 Å². The fourth-order valence-electron chi connectivity index (χ4n) is 3.69. The van der Waals surface area contributed by atoms with Gasteiger partial charge < -0.3 is 10.6 Å². The molecule has 3 atom stereocenters.